The van der Waals surface area contributed by atoms with E-state index < -0.39 is 0 Å². The zero-order valence-corrected chi connectivity index (χ0v) is 13.1. The Morgan fingerprint density at radius 3 is 2.35 bits per heavy atom. The highest BCUT2D eigenvalue weighted by Gasteiger charge is 2.18. The largest absolute Gasteiger partial charge is 0.494 e. The zero-order valence-electron chi connectivity index (χ0n) is 13.1. The topological polar surface area (TPSA) is 50.4 Å². The molecular weight excluding hydrogens is 252 g/mol. The molecule has 1 aromatic carbocycles. The van der Waals surface area contributed by atoms with Crippen molar-refractivity contribution in [3.63, 3.8) is 0 Å². The van der Waals surface area contributed by atoms with Crippen LogP contribution in [0.15, 0.2) is 24.3 Å². The molecule has 112 valence electrons. The molecule has 1 unspecified atom stereocenters. The summed E-state index contributed by atoms with van der Waals surface area (Å²) in [5.74, 6) is 0.887. The summed E-state index contributed by atoms with van der Waals surface area (Å²) in [5, 5.41) is 6.18. The van der Waals surface area contributed by atoms with Crippen LogP contribution in [0.2, 0.25) is 0 Å². The van der Waals surface area contributed by atoms with E-state index in [0.717, 1.165) is 11.3 Å². The van der Waals surface area contributed by atoms with Gasteiger partial charge in [0.05, 0.1) is 12.6 Å². The number of carbonyl (C=O) groups excluding carboxylic acids is 1. The molecule has 1 atom stereocenters. The maximum Gasteiger partial charge on any atom is 0.237 e. The van der Waals surface area contributed by atoms with Crippen LogP contribution in [-0.4, -0.2) is 24.1 Å². The van der Waals surface area contributed by atoms with Gasteiger partial charge in [0.25, 0.3) is 0 Å². The van der Waals surface area contributed by atoms with Crippen molar-refractivity contribution in [3.05, 3.63) is 29.8 Å². The van der Waals surface area contributed by atoms with Crippen LogP contribution >= 0.6 is 0 Å². The first-order valence-electron chi connectivity index (χ1n) is 7.09. The summed E-state index contributed by atoms with van der Waals surface area (Å²) < 4.78 is 5.39. The number of benzene rings is 1. The summed E-state index contributed by atoms with van der Waals surface area (Å²) >= 11 is 0. The van der Waals surface area contributed by atoms with Crippen LogP contribution in [0.5, 0.6) is 5.75 Å². The Bertz CT molecular complexity index is 421. The molecule has 0 heterocycles. The third-order valence-corrected chi connectivity index (χ3v) is 2.74. The summed E-state index contributed by atoms with van der Waals surface area (Å²) in [7, 11) is 0. The number of hydrogen-bond acceptors (Lipinski definition) is 3. The Hall–Kier alpha value is -1.55. The Labute approximate surface area is 121 Å². The Kier molecular flexibility index (Phi) is 6.02. The maximum atomic E-state index is 11.9. The van der Waals surface area contributed by atoms with Crippen molar-refractivity contribution in [1.29, 1.82) is 0 Å². The highest BCUT2D eigenvalue weighted by molar-refractivity contribution is 5.81. The van der Waals surface area contributed by atoms with Crippen molar-refractivity contribution in [1.82, 2.24) is 10.6 Å². The molecule has 20 heavy (non-hydrogen) atoms. The Morgan fingerprint density at radius 1 is 1.25 bits per heavy atom. The second kappa shape index (κ2) is 7.29. The summed E-state index contributed by atoms with van der Waals surface area (Å²) in [5.41, 5.74) is 0.926. The van der Waals surface area contributed by atoms with Gasteiger partial charge in [-0.15, -0.1) is 0 Å². The molecular formula is C16H26N2O2. The number of hydrogen-bond donors (Lipinski definition) is 2. The van der Waals surface area contributed by atoms with E-state index in [1.807, 2.05) is 58.9 Å². The molecule has 0 saturated heterocycles. The van der Waals surface area contributed by atoms with Crippen molar-refractivity contribution in [2.24, 2.45) is 0 Å². The van der Waals surface area contributed by atoms with Gasteiger partial charge in [-0.3, -0.25) is 4.79 Å². The number of nitrogens with one attached hydrogen (secondary N) is 2. The number of amides is 1. The molecule has 0 radical (unpaired) electrons. The average molecular weight is 278 g/mol. The fourth-order valence-electron chi connectivity index (χ4n) is 1.71. The number of carbonyl (C=O) groups is 1. The smallest absolute Gasteiger partial charge is 0.237 e. The molecule has 0 aliphatic rings. The van der Waals surface area contributed by atoms with Crippen LogP contribution in [0.25, 0.3) is 0 Å². The van der Waals surface area contributed by atoms with Crippen molar-refractivity contribution in [2.75, 3.05) is 6.61 Å². The lowest BCUT2D eigenvalue weighted by molar-refractivity contribution is -0.124. The third kappa shape index (κ3) is 6.06. The van der Waals surface area contributed by atoms with Crippen LogP contribution in [0.1, 0.15) is 40.2 Å². The van der Waals surface area contributed by atoms with Gasteiger partial charge in [0, 0.05) is 12.1 Å². The Morgan fingerprint density at radius 2 is 1.85 bits per heavy atom. The maximum absolute atomic E-state index is 11.9. The molecule has 0 bridgehead atoms. The number of ether oxygens (including phenoxy) is 1. The molecule has 0 aromatic heterocycles. The van der Waals surface area contributed by atoms with Gasteiger partial charge < -0.3 is 15.4 Å². The van der Waals surface area contributed by atoms with Crippen molar-refractivity contribution < 1.29 is 9.53 Å². The van der Waals surface area contributed by atoms with Crippen molar-refractivity contribution >= 4 is 5.91 Å². The fraction of sp³-hybridized carbons (Fsp3) is 0.562. The van der Waals surface area contributed by atoms with Crippen LogP contribution in [0, 0.1) is 0 Å². The van der Waals surface area contributed by atoms with E-state index in [4.69, 9.17) is 4.74 Å². The van der Waals surface area contributed by atoms with Gasteiger partial charge in [0.15, 0.2) is 0 Å². The van der Waals surface area contributed by atoms with E-state index in [1.54, 1.807) is 0 Å². The summed E-state index contributed by atoms with van der Waals surface area (Å²) in [6.07, 6.45) is 0. The molecule has 4 nitrogen and oxygen atoms in total. The SMILES string of the molecule is CCOc1ccc(CNC(C)C(=O)NC(C)(C)C)cc1. The molecule has 0 saturated carbocycles. The molecule has 0 spiro atoms. The lowest BCUT2D eigenvalue weighted by Crippen LogP contribution is -2.49. The predicted octanol–water partition coefficient (Wildman–Crippen LogP) is 2.48. The first-order valence-corrected chi connectivity index (χ1v) is 7.09. The van der Waals surface area contributed by atoms with Gasteiger partial charge >= 0.3 is 0 Å². The fourth-order valence-corrected chi connectivity index (χ4v) is 1.71. The minimum Gasteiger partial charge on any atom is -0.494 e. The minimum atomic E-state index is -0.221. The van der Waals surface area contributed by atoms with Crippen molar-refractivity contribution in [3.8, 4) is 5.75 Å². The highest BCUT2D eigenvalue weighted by atomic mass is 16.5. The highest BCUT2D eigenvalue weighted by Crippen LogP contribution is 2.12. The molecule has 1 amide bonds. The van der Waals surface area contributed by atoms with Gasteiger partial charge in [-0.05, 0) is 52.3 Å². The van der Waals surface area contributed by atoms with Crippen LogP contribution < -0.4 is 15.4 Å². The third-order valence-electron chi connectivity index (χ3n) is 2.74. The molecule has 0 fully saturated rings. The molecule has 0 aliphatic carbocycles. The quantitative estimate of drug-likeness (QED) is 0.840. The zero-order chi connectivity index (χ0) is 15.2. The monoisotopic (exact) mass is 278 g/mol. The van der Waals surface area contributed by atoms with E-state index in [1.165, 1.54) is 0 Å². The summed E-state index contributed by atoms with van der Waals surface area (Å²) in [4.78, 5) is 11.9. The second-order valence-corrected chi connectivity index (χ2v) is 5.92. The summed E-state index contributed by atoms with van der Waals surface area (Å²) in [6.45, 7) is 11.1. The van der Waals surface area contributed by atoms with E-state index >= 15 is 0 Å². The average Bonchev–Trinajstić information content (AvgIpc) is 2.36. The number of rotatable bonds is 6. The van der Waals surface area contributed by atoms with Gasteiger partial charge in [-0.1, -0.05) is 12.1 Å². The molecule has 1 aromatic rings. The lowest BCUT2D eigenvalue weighted by atomic mass is 10.1. The van der Waals surface area contributed by atoms with Crippen LogP contribution in [0.4, 0.5) is 0 Å². The van der Waals surface area contributed by atoms with Gasteiger partial charge in [0.1, 0.15) is 5.75 Å². The second-order valence-electron chi connectivity index (χ2n) is 5.92. The molecule has 0 aliphatic heterocycles. The van der Waals surface area contributed by atoms with Crippen LogP contribution in [-0.2, 0) is 11.3 Å². The first kappa shape index (κ1) is 16.5. The van der Waals surface area contributed by atoms with E-state index in [-0.39, 0.29) is 17.5 Å². The van der Waals surface area contributed by atoms with E-state index in [2.05, 4.69) is 10.6 Å². The standard InChI is InChI=1S/C16H26N2O2/c1-6-20-14-9-7-13(8-10-14)11-17-12(2)15(19)18-16(3,4)5/h7-10,12,17H,6,11H2,1-5H3,(H,18,19). The van der Waals surface area contributed by atoms with E-state index in [0.29, 0.717) is 13.2 Å². The normalized spacial score (nSPS) is 12.8. The predicted molar refractivity (Wildman–Crippen MR) is 81.8 cm³/mol. The molecule has 4 heteroatoms. The van der Waals surface area contributed by atoms with Crippen LogP contribution in [0.3, 0.4) is 0 Å². The molecule has 2 N–H and O–H groups in total. The van der Waals surface area contributed by atoms with Crippen molar-refractivity contribution in [2.45, 2.75) is 52.7 Å². The lowest BCUT2D eigenvalue weighted by Gasteiger charge is -2.23. The summed E-state index contributed by atoms with van der Waals surface area (Å²) in [6, 6.07) is 7.68. The van der Waals surface area contributed by atoms with Gasteiger partial charge in [-0.2, -0.15) is 0 Å². The van der Waals surface area contributed by atoms with Gasteiger partial charge in [-0.25, -0.2) is 0 Å². The Balaban J connectivity index is 2.44. The minimum absolute atomic E-state index is 0.0171. The first-order chi connectivity index (χ1) is 9.31. The molecule has 1 rings (SSSR count). The van der Waals surface area contributed by atoms with Gasteiger partial charge in [0.2, 0.25) is 5.91 Å². The van der Waals surface area contributed by atoms with E-state index in [9.17, 15) is 4.79 Å².